The zero-order valence-electron chi connectivity index (χ0n) is 12.7. The Morgan fingerprint density at radius 3 is 2.29 bits per heavy atom. The monoisotopic (exact) mass is 332 g/mol. The minimum Gasteiger partial charge on any atom is -0.490 e. The molecule has 1 aliphatic heterocycles. The van der Waals surface area contributed by atoms with Crippen molar-refractivity contribution in [1.82, 2.24) is 9.88 Å². The fourth-order valence-electron chi connectivity index (χ4n) is 2.47. The van der Waals surface area contributed by atoms with Crippen molar-refractivity contribution in [2.75, 3.05) is 13.2 Å². The van der Waals surface area contributed by atoms with Gasteiger partial charge in [-0.2, -0.15) is 0 Å². The summed E-state index contributed by atoms with van der Waals surface area (Å²) in [4.78, 5) is 28.2. The first kappa shape index (κ1) is 16.0. The maximum Gasteiger partial charge on any atom is 0.229 e. The quantitative estimate of drug-likeness (QED) is 0.790. The molecule has 3 rings (SSSR count). The number of ether oxygens (including phenoxy) is 1. The van der Waals surface area contributed by atoms with Crippen molar-refractivity contribution in [2.45, 2.75) is 12.8 Å². The zero-order chi connectivity index (χ0) is 17.1. The molecule has 0 unspecified atom stereocenters. The Hall–Kier alpha value is -2.83. The highest BCUT2D eigenvalue weighted by Gasteiger charge is 2.28. The normalized spacial score (nSPS) is 14.3. The molecule has 0 radical (unpaired) electrons. The van der Waals surface area contributed by atoms with Gasteiger partial charge in [-0.15, -0.1) is 0 Å². The average Bonchev–Trinajstić information content (AvgIpc) is 2.86. The van der Waals surface area contributed by atoms with Gasteiger partial charge in [-0.3, -0.25) is 19.5 Å². The van der Waals surface area contributed by atoms with Crippen molar-refractivity contribution >= 4 is 11.8 Å². The predicted octanol–water partition coefficient (Wildman–Crippen LogP) is 2.55. The van der Waals surface area contributed by atoms with Crippen LogP contribution in [0.25, 0.3) is 11.3 Å². The summed E-state index contributed by atoms with van der Waals surface area (Å²) in [5.41, 5.74) is 0.734. The van der Waals surface area contributed by atoms with Crippen LogP contribution >= 0.6 is 0 Å². The molecule has 1 aromatic heterocycles. The summed E-state index contributed by atoms with van der Waals surface area (Å²) in [6, 6.07) is 6.36. The third-order valence-corrected chi connectivity index (χ3v) is 3.63. The number of imide groups is 1. The van der Waals surface area contributed by atoms with Crippen LogP contribution in [-0.2, 0) is 9.59 Å². The van der Waals surface area contributed by atoms with Crippen LogP contribution in [0.2, 0.25) is 0 Å². The second-order valence-corrected chi connectivity index (χ2v) is 5.32. The fraction of sp³-hybridized carbons (Fsp3) is 0.235. The van der Waals surface area contributed by atoms with Gasteiger partial charge in [-0.05, 0) is 24.3 Å². The molecule has 2 aromatic rings. The van der Waals surface area contributed by atoms with E-state index in [1.807, 2.05) is 0 Å². The van der Waals surface area contributed by atoms with Crippen molar-refractivity contribution in [1.29, 1.82) is 0 Å². The lowest BCUT2D eigenvalue weighted by Crippen LogP contribution is -2.33. The van der Waals surface area contributed by atoms with Crippen molar-refractivity contribution in [2.24, 2.45) is 0 Å². The third-order valence-electron chi connectivity index (χ3n) is 3.63. The summed E-state index contributed by atoms with van der Waals surface area (Å²) in [6.07, 6.45) is 1.92. The summed E-state index contributed by atoms with van der Waals surface area (Å²) in [7, 11) is 0. The Morgan fingerprint density at radius 2 is 1.71 bits per heavy atom. The fourth-order valence-corrected chi connectivity index (χ4v) is 2.47. The van der Waals surface area contributed by atoms with Gasteiger partial charge in [0.15, 0.2) is 0 Å². The molecule has 1 fully saturated rings. The van der Waals surface area contributed by atoms with E-state index in [-0.39, 0.29) is 37.8 Å². The SMILES string of the molecule is O=C1CCC(=O)N1CCOc1ccc(-c2cc(F)cc(F)c2)nc1. The topological polar surface area (TPSA) is 59.5 Å². The lowest BCUT2D eigenvalue weighted by atomic mass is 10.1. The Kier molecular flexibility index (Phi) is 4.50. The number of benzene rings is 1. The van der Waals surface area contributed by atoms with Crippen LogP contribution in [0, 0.1) is 11.6 Å². The molecule has 0 atom stereocenters. The van der Waals surface area contributed by atoms with Crippen molar-refractivity contribution < 1.29 is 23.1 Å². The molecular weight excluding hydrogens is 318 g/mol. The molecule has 1 aromatic carbocycles. The second kappa shape index (κ2) is 6.74. The van der Waals surface area contributed by atoms with Crippen LogP contribution in [0.4, 0.5) is 8.78 Å². The molecule has 2 amide bonds. The molecule has 1 saturated heterocycles. The first-order valence-corrected chi connectivity index (χ1v) is 7.41. The van der Waals surface area contributed by atoms with Gasteiger partial charge in [-0.1, -0.05) is 0 Å². The molecule has 1 aliphatic rings. The van der Waals surface area contributed by atoms with Crippen LogP contribution in [0.15, 0.2) is 36.5 Å². The lowest BCUT2D eigenvalue weighted by molar-refractivity contribution is -0.138. The Labute approximate surface area is 136 Å². The number of nitrogens with zero attached hydrogens (tertiary/aromatic N) is 2. The minimum absolute atomic E-state index is 0.160. The van der Waals surface area contributed by atoms with Crippen LogP contribution in [0.3, 0.4) is 0 Å². The minimum atomic E-state index is -0.674. The van der Waals surface area contributed by atoms with Gasteiger partial charge < -0.3 is 4.74 Å². The molecule has 24 heavy (non-hydrogen) atoms. The first-order valence-electron chi connectivity index (χ1n) is 7.41. The largest absolute Gasteiger partial charge is 0.490 e. The predicted molar refractivity (Wildman–Crippen MR) is 81.0 cm³/mol. The maximum atomic E-state index is 13.2. The smallest absolute Gasteiger partial charge is 0.229 e. The Balaban J connectivity index is 1.60. The maximum absolute atomic E-state index is 13.2. The van der Waals surface area contributed by atoms with Gasteiger partial charge >= 0.3 is 0 Å². The number of hydrogen-bond acceptors (Lipinski definition) is 4. The highest BCUT2D eigenvalue weighted by atomic mass is 19.1. The van der Waals surface area contributed by atoms with E-state index >= 15 is 0 Å². The first-order chi connectivity index (χ1) is 11.5. The zero-order valence-corrected chi connectivity index (χ0v) is 12.7. The van der Waals surface area contributed by atoms with E-state index in [1.54, 1.807) is 12.1 Å². The van der Waals surface area contributed by atoms with E-state index in [4.69, 9.17) is 4.74 Å². The van der Waals surface area contributed by atoms with Crippen molar-refractivity contribution in [3.05, 3.63) is 48.2 Å². The van der Waals surface area contributed by atoms with Crippen LogP contribution < -0.4 is 4.74 Å². The Bertz CT molecular complexity index is 742. The molecular formula is C17H14F2N2O3. The molecule has 0 bridgehead atoms. The molecule has 124 valence electrons. The van der Waals surface area contributed by atoms with E-state index in [1.165, 1.54) is 23.2 Å². The van der Waals surface area contributed by atoms with Crippen LogP contribution in [-0.4, -0.2) is 34.8 Å². The number of amides is 2. The van der Waals surface area contributed by atoms with E-state index in [9.17, 15) is 18.4 Å². The summed E-state index contributed by atoms with van der Waals surface area (Å²) < 4.78 is 31.9. The number of pyridine rings is 1. The summed E-state index contributed by atoms with van der Waals surface area (Å²) in [5.74, 6) is -1.29. The van der Waals surface area contributed by atoms with E-state index in [0.717, 1.165) is 6.07 Å². The third kappa shape index (κ3) is 3.56. The van der Waals surface area contributed by atoms with Gasteiger partial charge in [0.05, 0.1) is 18.4 Å². The number of likely N-dealkylation sites (tertiary alicyclic amines) is 1. The molecule has 5 nitrogen and oxygen atoms in total. The number of halogens is 2. The van der Waals surface area contributed by atoms with Gasteiger partial charge in [0.1, 0.15) is 24.0 Å². The summed E-state index contributed by atoms with van der Waals surface area (Å²) >= 11 is 0. The molecule has 0 aliphatic carbocycles. The summed E-state index contributed by atoms with van der Waals surface area (Å²) in [5, 5.41) is 0. The van der Waals surface area contributed by atoms with Crippen LogP contribution in [0.5, 0.6) is 5.75 Å². The summed E-state index contributed by atoms with van der Waals surface area (Å²) in [6.45, 7) is 0.349. The number of rotatable bonds is 5. The lowest BCUT2D eigenvalue weighted by Gasteiger charge is -2.14. The highest BCUT2D eigenvalue weighted by molar-refractivity contribution is 6.01. The number of carbonyl (C=O) groups is 2. The van der Waals surface area contributed by atoms with E-state index < -0.39 is 11.6 Å². The molecule has 0 saturated carbocycles. The molecule has 7 heteroatoms. The highest BCUT2D eigenvalue weighted by Crippen LogP contribution is 2.21. The Morgan fingerprint density at radius 1 is 1.04 bits per heavy atom. The standard InChI is InChI=1S/C17H14F2N2O3/c18-12-7-11(8-13(19)9-12)15-2-1-14(10-20-15)24-6-5-21-16(22)3-4-17(21)23/h1-2,7-10H,3-6H2. The van der Waals surface area contributed by atoms with E-state index in [0.29, 0.717) is 17.0 Å². The van der Waals surface area contributed by atoms with Gasteiger partial charge in [-0.25, -0.2) is 8.78 Å². The number of aromatic nitrogens is 1. The number of carbonyl (C=O) groups excluding carboxylic acids is 2. The number of hydrogen-bond donors (Lipinski definition) is 0. The average molecular weight is 332 g/mol. The molecule has 0 spiro atoms. The van der Waals surface area contributed by atoms with Crippen LogP contribution in [0.1, 0.15) is 12.8 Å². The van der Waals surface area contributed by atoms with Gasteiger partial charge in [0, 0.05) is 24.5 Å². The molecule has 0 N–H and O–H groups in total. The van der Waals surface area contributed by atoms with Gasteiger partial charge in [0.25, 0.3) is 0 Å². The van der Waals surface area contributed by atoms with Gasteiger partial charge in [0.2, 0.25) is 11.8 Å². The molecule has 2 heterocycles. The van der Waals surface area contributed by atoms with Crippen molar-refractivity contribution in [3.8, 4) is 17.0 Å². The van der Waals surface area contributed by atoms with E-state index in [2.05, 4.69) is 4.98 Å². The second-order valence-electron chi connectivity index (χ2n) is 5.32. The van der Waals surface area contributed by atoms with Crippen molar-refractivity contribution in [3.63, 3.8) is 0 Å².